The topological polar surface area (TPSA) is 40.5 Å². The van der Waals surface area contributed by atoms with Crippen LogP contribution in [0.2, 0.25) is 0 Å². The van der Waals surface area contributed by atoms with Gasteiger partial charge < -0.3 is 5.11 Å². The Morgan fingerprint density at radius 1 is 1.17 bits per heavy atom. The number of hydrogen-bond donors (Lipinski definition) is 1. The van der Waals surface area contributed by atoms with Crippen LogP contribution >= 0.6 is 0 Å². The quantitative estimate of drug-likeness (QED) is 0.888. The Kier molecular flexibility index (Phi) is 3.08. The van der Waals surface area contributed by atoms with Gasteiger partial charge in [-0.25, -0.2) is 0 Å². The summed E-state index contributed by atoms with van der Waals surface area (Å²) in [5.74, 6) is -0.0708. The monoisotopic (exact) mass is 245 g/mol. The van der Waals surface area contributed by atoms with Crippen molar-refractivity contribution in [3.63, 3.8) is 0 Å². The number of carboxylic acid groups (broad SMARTS) is 1. The molecule has 0 aromatic heterocycles. The number of hydrogen-bond acceptors (Lipinski definition) is 2. The second kappa shape index (κ2) is 4.73. The highest BCUT2D eigenvalue weighted by Crippen LogP contribution is 2.36. The van der Waals surface area contributed by atoms with Crippen LogP contribution in [0.4, 0.5) is 0 Å². The van der Waals surface area contributed by atoms with Crippen molar-refractivity contribution in [1.82, 2.24) is 4.90 Å². The van der Waals surface area contributed by atoms with Gasteiger partial charge in [0.2, 0.25) is 0 Å². The van der Waals surface area contributed by atoms with Crippen LogP contribution in [0.1, 0.15) is 30.7 Å². The molecule has 2 unspecified atom stereocenters. The smallest absolute Gasteiger partial charge is 0.306 e. The number of likely N-dealkylation sites (tertiary alicyclic amines) is 1. The summed E-state index contributed by atoms with van der Waals surface area (Å²) in [7, 11) is 0. The van der Waals surface area contributed by atoms with E-state index in [1.165, 1.54) is 5.56 Å². The first-order chi connectivity index (χ1) is 8.74. The number of benzene rings is 1. The summed E-state index contributed by atoms with van der Waals surface area (Å²) in [5, 5.41) is 9.02. The summed E-state index contributed by atoms with van der Waals surface area (Å²) >= 11 is 0. The van der Waals surface area contributed by atoms with Crippen molar-refractivity contribution in [2.45, 2.75) is 31.2 Å². The van der Waals surface area contributed by atoms with Gasteiger partial charge in [-0.3, -0.25) is 9.69 Å². The van der Waals surface area contributed by atoms with Crippen LogP contribution in [-0.4, -0.2) is 35.1 Å². The molecule has 3 rings (SSSR count). The molecule has 1 N–H and O–H groups in total. The van der Waals surface area contributed by atoms with E-state index in [1.54, 1.807) is 0 Å². The fourth-order valence-electron chi connectivity index (χ4n) is 3.26. The van der Waals surface area contributed by atoms with Gasteiger partial charge in [0.25, 0.3) is 0 Å². The van der Waals surface area contributed by atoms with Crippen LogP contribution in [0.15, 0.2) is 30.3 Å². The molecular weight excluding hydrogens is 226 g/mol. The Hall–Kier alpha value is -1.35. The van der Waals surface area contributed by atoms with E-state index < -0.39 is 5.97 Å². The van der Waals surface area contributed by atoms with E-state index in [1.807, 2.05) is 6.07 Å². The summed E-state index contributed by atoms with van der Waals surface area (Å²) in [5.41, 5.74) is 1.42. The zero-order valence-corrected chi connectivity index (χ0v) is 10.5. The summed E-state index contributed by atoms with van der Waals surface area (Å²) < 4.78 is 0. The Labute approximate surface area is 107 Å². The summed E-state index contributed by atoms with van der Waals surface area (Å²) in [6.07, 6.45) is 2.75. The van der Waals surface area contributed by atoms with E-state index in [0.717, 1.165) is 32.4 Å². The second-order valence-electron chi connectivity index (χ2n) is 5.56. The fourth-order valence-corrected chi connectivity index (χ4v) is 3.26. The molecule has 96 valence electrons. The van der Waals surface area contributed by atoms with Gasteiger partial charge in [-0.1, -0.05) is 30.3 Å². The highest BCUT2D eigenvalue weighted by atomic mass is 16.4. The molecule has 3 heteroatoms. The molecule has 0 bridgehead atoms. The maximum absolute atomic E-state index is 10.9. The second-order valence-corrected chi connectivity index (χ2v) is 5.56. The minimum absolute atomic E-state index is 0.106. The lowest BCUT2D eigenvalue weighted by Gasteiger charge is -2.43. The largest absolute Gasteiger partial charge is 0.481 e. The lowest BCUT2D eigenvalue weighted by atomic mass is 9.89. The third kappa shape index (κ3) is 2.15. The molecule has 0 radical (unpaired) electrons. The SMILES string of the molecule is O=C(O)C1CCC(N2CC(c3ccccc3)C2)C1. The molecule has 2 atom stereocenters. The van der Waals surface area contributed by atoms with Crippen LogP contribution in [-0.2, 0) is 4.79 Å². The molecule has 1 heterocycles. The first-order valence-corrected chi connectivity index (χ1v) is 6.76. The van der Waals surface area contributed by atoms with Gasteiger partial charge in [0.15, 0.2) is 0 Å². The molecule has 1 saturated carbocycles. The maximum atomic E-state index is 10.9. The molecule has 0 spiro atoms. The molecule has 1 aliphatic carbocycles. The van der Waals surface area contributed by atoms with E-state index in [4.69, 9.17) is 5.11 Å². The molecule has 1 aromatic rings. The van der Waals surface area contributed by atoms with E-state index in [-0.39, 0.29) is 5.92 Å². The van der Waals surface area contributed by atoms with Gasteiger partial charge in [0, 0.05) is 25.0 Å². The summed E-state index contributed by atoms with van der Waals surface area (Å²) in [6.45, 7) is 2.20. The first-order valence-electron chi connectivity index (χ1n) is 6.76. The molecule has 2 aliphatic rings. The third-order valence-corrected chi connectivity index (χ3v) is 4.45. The predicted octanol–water partition coefficient (Wildman–Crippen LogP) is 2.34. The molecular formula is C15H19NO2. The van der Waals surface area contributed by atoms with Crippen molar-refractivity contribution in [3.8, 4) is 0 Å². The number of nitrogens with zero attached hydrogens (tertiary/aromatic N) is 1. The number of carboxylic acids is 1. The number of aliphatic carboxylic acids is 1. The van der Waals surface area contributed by atoms with Gasteiger partial charge in [0.05, 0.1) is 5.92 Å². The molecule has 1 aliphatic heterocycles. The normalized spacial score (nSPS) is 29.1. The van der Waals surface area contributed by atoms with Crippen molar-refractivity contribution in [2.24, 2.45) is 5.92 Å². The highest BCUT2D eigenvalue weighted by Gasteiger charge is 2.38. The van der Waals surface area contributed by atoms with Gasteiger partial charge >= 0.3 is 5.97 Å². The molecule has 1 aromatic carbocycles. The van der Waals surface area contributed by atoms with Crippen LogP contribution < -0.4 is 0 Å². The third-order valence-electron chi connectivity index (χ3n) is 4.45. The Morgan fingerprint density at radius 3 is 2.50 bits per heavy atom. The average molecular weight is 245 g/mol. The highest BCUT2D eigenvalue weighted by molar-refractivity contribution is 5.70. The van der Waals surface area contributed by atoms with E-state index in [2.05, 4.69) is 29.2 Å². The van der Waals surface area contributed by atoms with Crippen LogP contribution in [0.25, 0.3) is 0 Å². The Bertz CT molecular complexity index is 425. The maximum Gasteiger partial charge on any atom is 0.306 e. The van der Waals surface area contributed by atoms with Gasteiger partial charge in [0.1, 0.15) is 0 Å². The minimum Gasteiger partial charge on any atom is -0.481 e. The van der Waals surface area contributed by atoms with Crippen LogP contribution in [0.5, 0.6) is 0 Å². The van der Waals surface area contributed by atoms with Crippen LogP contribution in [0.3, 0.4) is 0 Å². The summed E-state index contributed by atoms with van der Waals surface area (Å²) in [6, 6.07) is 11.1. The van der Waals surface area contributed by atoms with Gasteiger partial charge in [-0.2, -0.15) is 0 Å². The molecule has 1 saturated heterocycles. The van der Waals surface area contributed by atoms with Crippen molar-refractivity contribution < 1.29 is 9.90 Å². The number of carbonyl (C=O) groups is 1. The standard InChI is InChI=1S/C15H19NO2/c17-15(18)12-6-7-14(8-12)16-9-13(10-16)11-4-2-1-3-5-11/h1-5,12-14H,6-10H2,(H,17,18). The zero-order valence-electron chi connectivity index (χ0n) is 10.5. The minimum atomic E-state index is -0.613. The van der Waals surface area contributed by atoms with Crippen molar-refractivity contribution in [3.05, 3.63) is 35.9 Å². The lowest BCUT2D eigenvalue weighted by molar-refractivity contribution is -0.141. The summed E-state index contributed by atoms with van der Waals surface area (Å²) in [4.78, 5) is 13.4. The van der Waals surface area contributed by atoms with E-state index in [0.29, 0.717) is 12.0 Å². The van der Waals surface area contributed by atoms with Crippen molar-refractivity contribution in [1.29, 1.82) is 0 Å². The van der Waals surface area contributed by atoms with Crippen molar-refractivity contribution in [2.75, 3.05) is 13.1 Å². The van der Waals surface area contributed by atoms with Gasteiger partial charge in [-0.15, -0.1) is 0 Å². The fraction of sp³-hybridized carbons (Fsp3) is 0.533. The van der Waals surface area contributed by atoms with Gasteiger partial charge in [-0.05, 0) is 24.8 Å². The predicted molar refractivity (Wildman–Crippen MR) is 69.5 cm³/mol. The van der Waals surface area contributed by atoms with E-state index >= 15 is 0 Å². The van der Waals surface area contributed by atoms with E-state index in [9.17, 15) is 4.79 Å². The number of rotatable bonds is 3. The Morgan fingerprint density at radius 2 is 1.89 bits per heavy atom. The first kappa shape index (κ1) is 11.7. The molecule has 0 amide bonds. The lowest BCUT2D eigenvalue weighted by Crippen LogP contribution is -2.49. The molecule has 2 fully saturated rings. The molecule has 3 nitrogen and oxygen atoms in total. The Balaban J connectivity index is 1.53. The molecule has 18 heavy (non-hydrogen) atoms. The van der Waals surface area contributed by atoms with Crippen molar-refractivity contribution >= 4 is 5.97 Å². The zero-order chi connectivity index (χ0) is 12.5. The van der Waals surface area contributed by atoms with Crippen LogP contribution in [0, 0.1) is 5.92 Å². The average Bonchev–Trinajstić information content (AvgIpc) is 2.78.